The van der Waals surface area contributed by atoms with Gasteiger partial charge in [0.05, 0.1) is 17.2 Å². The predicted molar refractivity (Wildman–Crippen MR) is 218 cm³/mol. The van der Waals surface area contributed by atoms with Gasteiger partial charge in [-0.25, -0.2) is 0 Å². The molecule has 1 aromatic heterocycles. The van der Waals surface area contributed by atoms with Gasteiger partial charge in [-0.1, -0.05) is 73.1 Å². The largest absolute Gasteiger partial charge is 0.488 e. The summed E-state index contributed by atoms with van der Waals surface area (Å²) in [6.45, 7) is 10.2. The summed E-state index contributed by atoms with van der Waals surface area (Å²) in [5.74, 6) is 0.397. The highest BCUT2D eigenvalue weighted by Gasteiger charge is 2.35. The van der Waals surface area contributed by atoms with Crippen molar-refractivity contribution >= 4 is 17.6 Å². The fourth-order valence-corrected chi connectivity index (χ4v) is 8.15. The number of carbonyl (C=O) groups is 1. The summed E-state index contributed by atoms with van der Waals surface area (Å²) in [5, 5.41) is 32.0. The number of rotatable bonds is 14. The van der Waals surface area contributed by atoms with Crippen molar-refractivity contribution in [3.05, 3.63) is 135 Å². The van der Waals surface area contributed by atoms with Crippen LogP contribution in [0.4, 0.5) is 0 Å². The number of benzene rings is 4. The second-order valence-electron chi connectivity index (χ2n) is 15.4. The molecule has 0 amide bonds. The van der Waals surface area contributed by atoms with Gasteiger partial charge in [-0.3, -0.25) is 20.0 Å². The van der Waals surface area contributed by atoms with Gasteiger partial charge in [-0.15, -0.1) is 0 Å². The van der Waals surface area contributed by atoms with E-state index in [0.717, 1.165) is 29.0 Å². The summed E-state index contributed by atoms with van der Waals surface area (Å²) in [5.41, 5.74) is 11.2. The fraction of sp³-hybridized carbons (Fsp3) is 0.326. The molecule has 2 heterocycles. The molecular weight excluding hydrogens is 724 g/mol. The van der Waals surface area contributed by atoms with Crippen LogP contribution >= 0.6 is 11.6 Å². The molecule has 5 aromatic rings. The first-order valence-corrected chi connectivity index (χ1v) is 19.4. The Morgan fingerprint density at radius 2 is 1.70 bits per heavy atom. The average Bonchev–Trinajstić information content (AvgIpc) is 3.61. The van der Waals surface area contributed by atoms with E-state index in [1.165, 1.54) is 66.0 Å². The number of fused-ring (bicyclic) bond motifs is 1. The van der Waals surface area contributed by atoms with Crippen molar-refractivity contribution in [2.75, 3.05) is 19.7 Å². The van der Waals surface area contributed by atoms with Gasteiger partial charge in [0.2, 0.25) is 0 Å². The number of halogens is 1. The van der Waals surface area contributed by atoms with Gasteiger partial charge in [0.1, 0.15) is 36.3 Å². The monoisotopic (exact) mass is 770 g/mol. The summed E-state index contributed by atoms with van der Waals surface area (Å²) in [6.07, 6.45) is 5.41. The van der Waals surface area contributed by atoms with Gasteiger partial charge in [0.25, 0.3) is 0 Å². The molecule has 56 heavy (non-hydrogen) atoms. The van der Waals surface area contributed by atoms with Crippen LogP contribution in [0, 0.1) is 31.1 Å². The molecule has 7 rings (SSSR count). The lowest BCUT2D eigenvalue weighted by atomic mass is 9.88. The van der Waals surface area contributed by atoms with Crippen LogP contribution in [0.15, 0.2) is 85.2 Å². The maximum Gasteiger partial charge on any atom is 0.326 e. The Morgan fingerprint density at radius 3 is 2.43 bits per heavy atom. The van der Waals surface area contributed by atoms with Gasteiger partial charge in [0.15, 0.2) is 0 Å². The number of aliphatic hydroxyl groups excluding tert-OH is 1. The number of aliphatic carboxylic acids is 1. The molecule has 2 atom stereocenters. The Morgan fingerprint density at radius 1 is 0.964 bits per heavy atom. The standard InChI is InChI=1S/C46H47ClN4O5/c1-28-23-51(24-28)42-14-12-34-16-33(11-13-40(34)42)37-8-6-10-39(30(37)3)38-9-5-7-35(29(38)2)26-56-44-18-43(55-25-32-15-31(19-48)20-49-21-32)36(17-41(44)47)22-50-46(4,27-52)45(53)54/h5-11,13,15-18,20-21,28,42,50,52H,12,14,22-27H2,1-4H3,(H,53,54). The van der Waals surface area contributed by atoms with E-state index in [9.17, 15) is 20.3 Å². The van der Waals surface area contributed by atoms with E-state index in [4.69, 9.17) is 21.1 Å². The predicted octanol–water partition coefficient (Wildman–Crippen LogP) is 8.58. The minimum absolute atomic E-state index is 0.0403. The lowest BCUT2D eigenvalue weighted by Gasteiger charge is -2.42. The zero-order chi connectivity index (χ0) is 39.6. The molecule has 9 nitrogen and oxygen atoms in total. The van der Waals surface area contributed by atoms with Crippen LogP contribution in [-0.4, -0.2) is 51.3 Å². The minimum atomic E-state index is -1.58. The Balaban J connectivity index is 1.12. The molecule has 2 aliphatic rings. The molecule has 3 N–H and O–H groups in total. The number of aryl methyl sites for hydroxylation is 1. The number of aliphatic hydroxyl groups is 1. The van der Waals surface area contributed by atoms with E-state index in [0.29, 0.717) is 39.3 Å². The molecule has 0 radical (unpaired) electrons. The third kappa shape index (κ3) is 8.02. The molecule has 1 fully saturated rings. The summed E-state index contributed by atoms with van der Waals surface area (Å²) in [6, 6.07) is 27.5. The zero-order valence-corrected chi connectivity index (χ0v) is 33.0. The Kier molecular flexibility index (Phi) is 11.5. The number of likely N-dealkylation sites (tertiary alicyclic amines) is 1. The molecule has 2 unspecified atom stereocenters. The number of carboxylic acids is 1. The van der Waals surface area contributed by atoms with Crippen LogP contribution in [0.5, 0.6) is 11.5 Å². The fourth-order valence-electron chi connectivity index (χ4n) is 7.91. The summed E-state index contributed by atoms with van der Waals surface area (Å²) < 4.78 is 12.6. The number of carboxylic acid groups (broad SMARTS) is 1. The highest BCUT2D eigenvalue weighted by atomic mass is 35.5. The average molecular weight is 771 g/mol. The van der Waals surface area contributed by atoms with Crippen LogP contribution < -0.4 is 14.8 Å². The van der Waals surface area contributed by atoms with E-state index in [1.54, 1.807) is 24.4 Å². The molecule has 10 heteroatoms. The second kappa shape index (κ2) is 16.5. The Bertz CT molecular complexity index is 2320. The number of pyridine rings is 1. The normalized spacial score (nSPS) is 16.4. The first kappa shape index (κ1) is 39.0. The number of nitriles is 1. The van der Waals surface area contributed by atoms with Gasteiger partial charge in [0, 0.05) is 55.3 Å². The maximum absolute atomic E-state index is 11.9. The highest BCUT2D eigenvalue weighted by Crippen LogP contribution is 2.42. The molecule has 1 saturated heterocycles. The van der Waals surface area contributed by atoms with Crippen molar-refractivity contribution in [1.29, 1.82) is 5.26 Å². The summed E-state index contributed by atoms with van der Waals surface area (Å²) in [7, 11) is 0. The third-order valence-corrected chi connectivity index (χ3v) is 11.7. The van der Waals surface area contributed by atoms with Crippen molar-refractivity contribution in [3.8, 4) is 39.8 Å². The molecular formula is C46H47ClN4O5. The van der Waals surface area contributed by atoms with Gasteiger partial charge in [-0.05, 0) is 102 Å². The first-order chi connectivity index (χ1) is 27.0. The summed E-state index contributed by atoms with van der Waals surface area (Å²) in [4.78, 5) is 18.6. The molecule has 1 aliphatic carbocycles. The number of nitrogens with one attached hydrogen (secondary N) is 1. The van der Waals surface area contributed by atoms with Crippen LogP contribution in [0.25, 0.3) is 22.3 Å². The molecule has 288 valence electrons. The molecule has 0 spiro atoms. The molecule has 0 bridgehead atoms. The quantitative estimate of drug-likeness (QED) is 0.102. The van der Waals surface area contributed by atoms with E-state index in [1.807, 2.05) is 12.1 Å². The third-order valence-electron chi connectivity index (χ3n) is 11.4. The van der Waals surface area contributed by atoms with E-state index in [-0.39, 0.29) is 19.8 Å². The van der Waals surface area contributed by atoms with E-state index >= 15 is 0 Å². The number of hydrogen-bond donors (Lipinski definition) is 3. The van der Waals surface area contributed by atoms with Gasteiger partial charge >= 0.3 is 5.97 Å². The van der Waals surface area contributed by atoms with Crippen molar-refractivity contribution in [2.45, 2.75) is 71.9 Å². The van der Waals surface area contributed by atoms with Crippen molar-refractivity contribution in [2.24, 2.45) is 5.92 Å². The zero-order valence-electron chi connectivity index (χ0n) is 32.2. The lowest BCUT2D eigenvalue weighted by Crippen LogP contribution is -2.52. The SMILES string of the molecule is Cc1c(COc2cc(OCc3cncc(C#N)c3)c(CNC(C)(CO)C(=O)O)cc2Cl)cccc1-c1cccc(-c2ccc3c(c2)CCC3N2CC(C)C2)c1C. The van der Waals surface area contributed by atoms with Crippen LogP contribution in [0.1, 0.15) is 70.8 Å². The van der Waals surface area contributed by atoms with Gasteiger partial charge in [-0.2, -0.15) is 5.26 Å². The van der Waals surface area contributed by atoms with Crippen molar-refractivity contribution in [1.82, 2.24) is 15.2 Å². The van der Waals surface area contributed by atoms with Crippen molar-refractivity contribution < 1.29 is 24.5 Å². The molecule has 1 aliphatic heterocycles. The topological polar surface area (TPSA) is 128 Å². The highest BCUT2D eigenvalue weighted by molar-refractivity contribution is 6.32. The summed E-state index contributed by atoms with van der Waals surface area (Å²) >= 11 is 6.79. The van der Waals surface area contributed by atoms with E-state index in [2.05, 4.69) is 84.5 Å². The number of aromatic nitrogens is 1. The van der Waals surface area contributed by atoms with Crippen LogP contribution in [-0.2, 0) is 31.0 Å². The Labute approximate surface area is 333 Å². The number of ether oxygens (including phenoxy) is 2. The minimum Gasteiger partial charge on any atom is -0.488 e. The first-order valence-electron chi connectivity index (χ1n) is 19.0. The van der Waals surface area contributed by atoms with Gasteiger partial charge < -0.3 is 19.7 Å². The van der Waals surface area contributed by atoms with E-state index < -0.39 is 18.1 Å². The maximum atomic E-state index is 11.9. The smallest absolute Gasteiger partial charge is 0.326 e. The van der Waals surface area contributed by atoms with Crippen LogP contribution in [0.3, 0.4) is 0 Å². The molecule has 4 aromatic carbocycles. The van der Waals surface area contributed by atoms with Crippen molar-refractivity contribution in [3.63, 3.8) is 0 Å². The Hall–Kier alpha value is -5.24. The lowest BCUT2D eigenvalue weighted by molar-refractivity contribution is -0.145. The van der Waals surface area contributed by atoms with Crippen LogP contribution in [0.2, 0.25) is 5.02 Å². The number of hydrogen-bond acceptors (Lipinski definition) is 8. The molecule has 0 saturated carbocycles. The second-order valence-corrected chi connectivity index (χ2v) is 15.8. The number of nitrogens with zero attached hydrogens (tertiary/aromatic N) is 3.